The summed E-state index contributed by atoms with van der Waals surface area (Å²) in [5.74, 6) is -1.71. The van der Waals surface area contributed by atoms with Gasteiger partial charge in [-0.15, -0.1) is 15.3 Å². The molecule has 3 aromatic heterocycles. The Hall–Kier alpha value is -3.12. The third-order valence-corrected chi connectivity index (χ3v) is 5.88. The first-order valence-electron chi connectivity index (χ1n) is 9.32. The molecule has 0 saturated carbocycles. The maximum absolute atomic E-state index is 12.9. The number of rotatable bonds is 5. The van der Waals surface area contributed by atoms with Crippen molar-refractivity contribution in [1.29, 1.82) is 0 Å². The van der Waals surface area contributed by atoms with Crippen molar-refractivity contribution in [2.75, 3.05) is 5.32 Å². The lowest BCUT2D eigenvalue weighted by atomic mass is 10.1. The Labute approximate surface area is 188 Å². The summed E-state index contributed by atoms with van der Waals surface area (Å²) >= 11 is 7.34. The summed E-state index contributed by atoms with van der Waals surface area (Å²) in [6.45, 7) is 3.27. The zero-order valence-electron chi connectivity index (χ0n) is 16.7. The molecule has 0 atom stereocenters. The number of carbonyl (C=O) groups is 1. The van der Waals surface area contributed by atoms with Crippen LogP contribution in [0, 0.1) is 13.8 Å². The lowest BCUT2D eigenvalue weighted by molar-refractivity contribution is -0.144. The lowest BCUT2D eigenvalue weighted by Crippen LogP contribution is -2.14. The third kappa shape index (κ3) is 4.41. The fourth-order valence-corrected chi connectivity index (χ4v) is 4.21. The van der Waals surface area contributed by atoms with Gasteiger partial charge in [0.2, 0.25) is 11.0 Å². The summed E-state index contributed by atoms with van der Waals surface area (Å²) in [6, 6.07) is 7.16. The van der Waals surface area contributed by atoms with Crippen LogP contribution in [-0.2, 0) is 17.4 Å². The van der Waals surface area contributed by atoms with Crippen LogP contribution in [0.5, 0.6) is 0 Å². The van der Waals surface area contributed by atoms with Gasteiger partial charge >= 0.3 is 6.18 Å². The van der Waals surface area contributed by atoms with E-state index in [9.17, 15) is 18.0 Å². The minimum Gasteiger partial charge on any atom is -0.301 e. The van der Waals surface area contributed by atoms with Gasteiger partial charge in [-0.05, 0) is 31.9 Å². The van der Waals surface area contributed by atoms with E-state index in [2.05, 4.69) is 30.6 Å². The van der Waals surface area contributed by atoms with E-state index in [1.807, 2.05) is 6.07 Å². The van der Waals surface area contributed by atoms with Crippen molar-refractivity contribution >= 4 is 39.8 Å². The number of nitrogens with one attached hydrogen (secondary N) is 1. The molecule has 0 fully saturated rings. The molecule has 0 spiro atoms. The Morgan fingerprint density at radius 2 is 1.94 bits per heavy atom. The maximum Gasteiger partial charge on any atom is 0.453 e. The van der Waals surface area contributed by atoms with Crippen LogP contribution < -0.4 is 5.32 Å². The topological polar surface area (TPSA) is 98.0 Å². The number of nitrogens with zero attached hydrogens (tertiary/aromatic N) is 6. The van der Waals surface area contributed by atoms with E-state index in [-0.39, 0.29) is 24.5 Å². The number of hydrogen-bond acceptors (Lipinski definition) is 7. The van der Waals surface area contributed by atoms with Gasteiger partial charge in [-0.25, -0.2) is 9.50 Å². The van der Waals surface area contributed by atoms with Crippen LogP contribution in [0.15, 0.2) is 24.3 Å². The number of halogens is 4. The molecule has 1 amide bonds. The summed E-state index contributed by atoms with van der Waals surface area (Å²) in [5.41, 5.74) is 2.27. The van der Waals surface area contributed by atoms with Crippen LogP contribution in [0.4, 0.5) is 18.3 Å². The smallest absolute Gasteiger partial charge is 0.301 e. The van der Waals surface area contributed by atoms with Crippen molar-refractivity contribution < 1.29 is 18.0 Å². The molecule has 13 heteroatoms. The summed E-state index contributed by atoms with van der Waals surface area (Å²) in [4.78, 5) is 20.0. The van der Waals surface area contributed by atoms with Gasteiger partial charge in [0.25, 0.3) is 11.6 Å². The molecule has 0 aliphatic rings. The number of anilines is 1. The van der Waals surface area contributed by atoms with E-state index < -0.39 is 12.0 Å². The van der Waals surface area contributed by atoms with Crippen molar-refractivity contribution in [3.8, 4) is 10.6 Å². The maximum atomic E-state index is 12.9. The zero-order chi connectivity index (χ0) is 23.0. The second-order valence-electron chi connectivity index (χ2n) is 6.85. The molecule has 166 valence electrons. The Kier molecular flexibility index (Phi) is 5.82. The van der Waals surface area contributed by atoms with Crippen LogP contribution in [0.2, 0.25) is 5.02 Å². The fourth-order valence-electron chi connectivity index (χ4n) is 3.13. The van der Waals surface area contributed by atoms with E-state index in [4.69, 9.17) is 11.6 Å². The fraction of sp³-hybridized carbons (Fsp3) is 0.263. The number of alkyl halides is 3. The Morgan fingerprint density at radius 1 is 1.19 bits per heavy atom. The number of benzene rings is 1. The van der Waals surface area contributed by atoms with E-state index >= 15 is 0 Å². The van der Waals surface area contributed by atoms with Crippen molar-refractivity contribution in [3.05, 3.63) is 52.1 Å². The van der Waals surface area contributed by atoms with Crippen molar-refractivity contribution in [1.82, 2.24) is 29.8 Å². The number of aromatic nitrogens is 6. The number of carbonyl (C=O) groups excluding carboxylic acids is 1. The second-order valence-corrected chi connectivity index (χ2v) is 8.23. The van der Waals surface area contributed by atoms with Gasteiger partial charge in [0.1, 0.15) is 0 Å². The number of fused-ring (bicyclic) bond motifs is 1. The minimum atomic E-state index is -4.67. The normalized spacial score (nSPS) is 11.8. The third-order valence-electron chi connectivity index (χ3n) is 4.68. The highest BCUT2D eigenvalue weighted by Crippen LogP contribution is 2.32. The van der Waals surface area contributed by atoms with Gasteiger partial charge in [0.15, 0.2) is 5.01 Å². The largest absolute Gasteiger partial charge is 0.453 e. The van der Waals surface area contributed by atoms with Crippen LogP contribution in [0.3, 0.4) is 0 Å². The molecule has 4 rings (SSSR count). The number of amides is 1. The highest BCUT2D eigenvalue weighted by atomic mass is 35.5. The number of hydrogen-bond donors (Lipinski definition) is 1. The Balaban J connectivity index is 1.47. The van der Waals surface area contributed by atoms with Crippen LogP contribution in [0.1, 0.15) is 29.2 Å². The first kappa shape index (κ1) is 22.1. The van der Waals surface area contributed by atoms with Gasteiger partial charge in [-0.2, -0.15) is 18.2 Å². The molecule has 8 nitrogen and oxygen atoms in total. The molecule has 0 unspecified atom stereocenters. The van der Waals surface area contributed by atoms with Gasteiger partial charge in [-0.1, -0.05) is 41.1 Å². The molecule has 0 saturated heterocycles. The molecule has 1 aromatic carbocycles. The summed E-state index contributed by atoms with van der Waals surface area (Å²) < 4.78 is 39.8. The van der Waals surface area contributed by atoms with Gasteiger partial charge in [-0.3, -0.25) is 4.79 Å². The second kappa shape index (κ2) is 8.43. The molecule has 3 heterocycles. The van der Waals surface area contributed by atoms with E-state index in [0.717, 1.165) is 4.52 Å². The van der Waals surface area contributed by atoms with Gasteiger partial charge in [0.05, 0.1) is 5.02 Å². The van der Waals surface area contributed by atoms with Crippen LogP contribution >= 0.6 is 22.9 Å². The zero-order valence-corrected chi connectivity index (χ0v) is 18.3. The van der Waals surface area contributed by atoms with E-state index in [1.54, 1.807) is 32.0 Å². The van der Waals surface area contributed by atoms with Crippen molar-refractivity contribution in [3.63, 3.8) is 0 Å². The molecule has 0 radical (unpaired) electrons. The molecular weight excluding hydrogens is 467 g/mol. The highest BCUT2D eigenvalue weighted by Gasteiger charge is 2.37. The first-order valence-corrected chi connectivity index (χ1v) is 10.5. The quantitative estimate of drug-likeness (QED) is 0.450. The van der Waals surface area contributed by atoms with Crippen LogP contribution in [0.25, 0.3) is 16.3 Å². The molecule has 0 bridgehead atoms. The summed E-state index contributed by atoms with van der Waals surface area (Å²) in [7, 11) is 0. The average molecular weight is 482 g/mol. The molecule has 0 aliphatic carbocycles. The standard InChI is InChI=1S/C19H15ClF3N7OS/c1-9-11(10(2)30-17(24-9)26-16(29-30)19(21,22)23)7-8-14(31)25-18-28-27-15(32-18)12-5-3-4-6-13(12)20/h3-6H,7-8H2,1-2H3,(H,25,28,31). The predicted octanol–water partition coefficient (Wildman–Crippen LogP) is 4.50. The summed E-state index contributed by atoms with van der Waals surface area (Å²) in [6.07, 6.45) is -4.35. The molecule has 32 heavy (non-hydrogen) atoms. The Morgan fingerprint density at radius 3 is 2.66 bits per heavy atom. The predicted molar refractivity (Wildman–Crippen MR) is 113 cm³/mol. The molecule has 1 N–H and O–H groups in total. The van der Waals surface area contributed by atoms with Crippen LogP contribution in [-0.4, -0.2) is 35.7 Å². The highest BCUT2D eigenvalue weighted by molar-refractivity contribution is 7.18. The SMILES string of the molecule is Cc1nc2nc(C(F)(F)F)nn2c(C)c1CCC(=O)Nc1nnc(-c2ccccc2Cl)s1. The molecular formula is C19H15ClF3N7OS. The van der Waals surface area contributed by atoms with Gasteiger partial charge < -0.3 is 5.32 Å². The van der Waals surface area contributed by atoms with Gasteiger partial charge in [0, 0.05) is 23.4 Å². The average Bonchev–Trinajstić information content (AvgIpc) is 3.35. The minimum absolute atomic E-state index is 0.0662. The lowest BCUT2D eigenvalue weighted by Gasteiger charge is -2.09. The molecule has 4 aromatic rings. The number of aryl methyl sites for hydroxylation is 2. The summed E-state index contributed by atoms with van der Waals surface area (Å²) in [5, 5.41) is 15.6. The van der Waals surface area contributed by atoms with Crippen molar-refractivity contribution in [2.24, 2.45) is 0 Å². The van der Waals surface area contributed by atoms with Crippen molar-refractivity contribution in [2.45, 2.75) is 32.9 Å². The Bertz CT molecular complexity index is 1320. The van der Waals surface area contributed by atoms with E-state index in [1.165, 1.54) is 11.3 Å². The monoisotopic (exact) mass is 481 g/mol. The first-order chi connectivity index (χ1) is 15.1. The molecule has 0 aliphatic heterocycles. The van der Waals surface area contributed by atoms with E-state index in [0.29, 0.717) is 37.7 Å².